The molecule has 0 N–H and O–H groups in total. The van der Waals surface area contributed by atoms with Crippen molar-refractivity contribution in [3.8, 4) is 0 Å². The van der Waals surface area contributed by atoms with Crippen molar-refractivity contribution in [2.24, 2.45) is 0 Å². The van der Waals surface area contributed by atoms with E-state index in [4.69, 9.17) is 4.74 Å². The summed E-state index contributed by atoms with van der Waals surface area (Å²) in [6.07, 6.45) is 8.96. The Morgan fingerprint density at radius 2 is 1.94 bits per heavy atom. The van der Waals surface area contributed by atoms with E-state index in [2.05, 4.69) is 10.8 Å². The van der Waals surface area contributed by atoms with Crippen LogP contribution >= 0.6 is 0 Å². The highest BCUT2D eigenvalue weighted by Crippen LogP contribution is 2.24. The molecule has 0 amide bonds. The van der Waals surface area contributed by atoms with Crippen LogP contribution in [0.4, 0.5) is 0 Å². The number of esters is 1. The molecule has 1 rings (SSSR count). The molecule has 0 aromatic carbocycles. The number of rotatable bonds is 7. The minimum Gasteiger partial charge on any atom is -0.467 e. The van der Waals surface area contributed by atoms with Crippen LogP contribution in [-0.2, 0) is 19.1 Å². The average molecular weight is 238 g/mol. The Bertz CT molecular complexity index is 330. The maximum absolute atomic E-state index is 11.5. The fourth-order valence-electron chi connectivity index (χ4n) is 1.44. The number of hydrogen-bond acceptors (Lipinski definition) is 4. The minimum atomic E-state index is -0.694. The molecule has 0 aromatic heterocycles. The third-order valence-electron chi connectivity index (χ3n) is 2.46. The molecule has 2 unspecified atom stereocenters. The van der Waals surface area contributed by atoms with Gasteiger partial charge in [-0.25, -0.2) is 4.79 Å². The molecule has 4 heteroatoms. The van der Waals surface area contributed by atoms with Crippen molar-refractivity contribution in [1.29, 1.82) is 0 Å². The summed E-state index contributed by atoms with van der Waals surface area (Å²) < 4.78 is 9.42. The van der Waals surface area contributed by atoms with Crippen LogP contribution < -0.4 is 0 Å². The summed E-state index contributed by atoms with van der Waals surface area (Å²) in [5.41, 5.74) is 0. The predicted octanol–water partition coefficient (Wildman–Crippen LogP) is 1.80. The van der Waals surface area contributed by atoms with Crippen molar-refractivity contribution >= 4 is 11.8 Å². The first kappa shape index (κ1) is 13.6. The summed E-state index contributed by atoms with van der Waals surface area (Å²) in [5.74, 6) is -0.642. The molecule has 4 nitrogen and oxygen atoms in total. The summed E-state index contributed by atoms with van der Waals surface area (Å²) >= 11 is 0. The number of hydrogen-bond donors (Lipinski definition) is 0. The van der Waals surface area contributed by atoms with Crippen molar-refractivity contribution in [2.45, 2.75) is 38.4 Å². The van der Waals surface area contributed by atoms with Crippen molar-refractivity contribution in [1.82, 2.24) is 0 Å². The van der Waals surface area contributed by atoms with Crippen LogP contribution in [-0.4, -0.2) is 31.1 Å². The van der Waals surface area contributed by atoms with Gasteiger partial charge in [0.25, 0.3) is 0 Å². The highest BCUT2D eigenvalue weighted by Gasteiger charge is 2.50. The molecule has 0 bridgehead atoms. The third kappa shape index (κ3) is 4.53. The number of carbonyl (C=O) groups excluding carboxylic acids is 2. The Morgan fingerprint density at radius 3 is 2.59 bits per heavy atom. The van der Waals surface area contributed by atoms with E-state index in [9.17, 15) is 9.59 Å². The topological polar surface area (TPSA) is 55.9 Å². The summed E-state index contributed by atoms with van der Waals surface area (Å²) in [6, 6.07) is 0. The van der Waals surface area contributed by atoms with E-state index in [0.717, 1.165) is 19.3 Å². The van der Waals surface area contributed by atoms with Gasteiger partial charge in [-0.1, -0.05) is 18.2 Å². The van der Waals surface area contributed by atoms with Crippen LogP contribution in [0.2, 0.25) is 0 Å². The van der Waals surface area contributed by atoms with Gasteiger partial charge in [-0.05, 0) is 32.3 Å². The van der Waals surface area contributed by atoms with E-state index in [1.165, 1.54) is 13.2 Å². The molecular formula is C13H18O4. The maximum atomic E-state index is 11.5. The lowest BCUT2D eigenvalue weighted by Gasteiger charge is -1.91. The second-order valence-corrected chi connectivity index (χ2v) is 3.81. The number of ketones is 1. The molecule has 17 heavy (non-hydrogen) atoms. The molecule has 1 saturated heterocycles. The van der Waals surface area contributed by atoms with Gasteiger partial charge in [0.05, 0.1) is 7.11 Å². The van der Waals surface area contributed by atoms with Crippen molar-refractivity contribution in [2.75, 3.05) is 7.11 Å². The molecule has 0 aromatic rings. The Labute approximate surface area is 101 Å². The molecule has 0 spiro atoms. The SMILES string of the molecule is CC=CCCC/C=C/C(=O)C1OC1C(=O)OC. The van der Waals surface area contributed by atoms with Gasteiger partial charge in [-0.3, -0.25) is 4.79 Å². The molecule has 0 saturated carbocycles. The van der Waals surface area contributed by atoms with E-state index in [0.29, 0.717) is 0 Å². The molecule has 1 aliphatic rings. The smallest absolute Gasteiger partial charge is 0.338 e. The zero-order valence-corrected chi connectivity index (χ0v) is 10.2. The zero-order chi connectivity index (χ0) is 12.7. The Kier molecular flexibility index (Phi) is 5.63. The van der Waals surface area contributed by atoms with Gasteiger partial charge in [0.2, 0.25) is 0 Å². The fourth-order valence-corrected chi connectivity index (χ4v) is 1.44. The van der Waals surface area contributed by atoms with Gasteiger partial charge in [0, 0.05) is 0 Å². The zero-order valence-electron chi connectivity index (χ0n) is 10.2. The first-order chi connectivity index (χ1) is 8.20. The number of allylic oxidation sites excluding steroid dienone is 3. The number of ether oxygens (including phenoxy) is 2. The van der Waals surface area contributed by atoms with Crippen LogP contribution in [0.1, 0.15) is 26.2 Å². The number of carbonyl (C=O) groups is 2. The van der Waals surface area contributed by atoms with Crippen LogP contribution in [0.5, 0.6) is 0 Å². The van der Waals surface area contributed by atoms with Crippen LogP contribution in [0.15, 0.2) is 24.3 Å². The number of epoxide rings is 1. The normalized spacial score (nSPS) is 23.2. The molecule has 94 valence electrons. The lowest BCUT2D eigenvalue weighted by atomic mass is 10.1. The van der Waals surface area contributed by atoms with E-state index in [1.54, 1.807) is 0 Å². The highest BCUT2D eigenvalue weighted by molar-refractivity contribution is 6.00. The van der Waals surface area contributed by atoms with Gasteiger partial charge in [0.15, 0.2) is 18.0 Å². The molecule has 1 heterocycles. The van der Waals surface area contributed by atoms with E-state index < -0.39 is 18.2 Å². The van der Waals surface area contributed by atoms with Crippen molar-refractivity contribution < 1.29 is 19.1 Å². The van der Waals surface area contributed by atoms with Crippen LogP contribution in [0.3, 0.4) is 0 Å². The first-order valence-electron chi connectivity index (χ1n) is 5.75. The minimum absolute atomic E-state index is 0.161. The molecule has 0 radical (unpaired) electrons. The molecular weight excluding hydrogens is 220 g/mol. The quantitative estimate of drug-likeness (QED) is 0.223. The van der Waals surface area contributed by atoms with E-state index in [-0.39, 0.29) is 5.78 Å². The standard InChI is InChI=1S/C13H18O4/c1-3-4-5-6-7-8-9-10(14)11-12(17-11)13(15)16-2/h3-4,8-9,11-12H,5-7H2,1-2H3/b4-3?,9-8+. The summed E-state index contributed by atoms with van der Waals surface area (Å²) in [5, 5.41) is 0. The fraction of sp³-hybridized carbons (Fsp3) is 0.538. The van der Waals surface area contributed by atoms with Gasteiger partial charge in [-0.15, -0.1) is 0 Å². The van der Waals surface area contributed by atoms with Gasteiger partial charge >= 0.3 is 5.97 Å². The second-order valence-electron chi connectivity index (χ2n) is 3.81. The van der Waals surface area contributed by atoms with E-state index in [1.807, 2.05) is 19.1 Å². The summed E-state index contributed by atoms with van der Waals surface area (Å²) in [7, 11) is 1.28. The monoisotopic (exact) mass is 238 g/mol. The van der Waals surface area contributed by atoms with E-state index >= 15 is 0 Å². The summed E-state index contributed by atoms with van der Waals surface area (Å²) in [6.45, 7) is 1.98. The van der Waals surface area contributed by atoms with Gasteiger partial charge < -0.3 is 9.47 Å². The van der Waals surface area contributed by atoms with Crippen molar-refractivity contribution in [3.05, 3.63) is 24.3 Å². The average Bonchev–Trinajstić information content (AvgIpc) is 3.12. The van der Waals surface area contributed by atoms with Gasteiger partial charge in [-0.2, -0.15) is 0 Å². The molecule has 1 aliphatic heterocycles. The maximum Gasteiger partial charge on any atom is 0.338 e. The largest absolute Gasteiger partial charge is 0.467 e. The lowest BCUT2D eigenvalue weighted by molar-refractivity contribution is -0.142. The van der Waals surface area contributed by atoms with Crippen molar-refractivity contribution in [3.63, 3.8) is 0 Å². The third-order valence-corrected chi connectivity index (χ3v) is 2.46. The predicted molar refractivity (Wildman–Crippen MR) is 63.5 cm³/mol. The Balaban J connectivity index is 2.18. The molecule has 0 aliphatic carbocycles. The Hall–Kier alpha value is -1.42. The van der Waals surface area contributed by atoms with Gasteiger partial charge in [0.1, 0.15) is 0 Å². The molecule has 1 fully saturated rings. The number of unbranched alkanes of at least 4 members (excludes halogenated alkanes) is 2. The summed E-state index contributed by atoms with van der Waals surface area (Å²) in [4.78, 5) is 22.5. The highest BCUT2D eigenvalue weighted by atomic mass is 16.6. The lowest BCUT2D eigenvalue weighted by Crippen LogP contribution is -2.15. The van der Waals surface area contributed by atoms with Crippen LogP contribution in [0, 0.1) is 0 Å². The number of methoxy groups -OCH3 is 1. The Morgan fingerprint density at radius 1 is 1.24 bits per heavy atom. The second kappa shape index (κ2) is 7.01. The first-order valence-corrected chi connectivity index (χ1v) is 5.75. The van der Waals surface area contributed by atoms with Crippen LogP contribution in [0.25, 0.3) is 0 Å². The molecule has 2 atom stereocenters.